The number of nitrogens with one attached hydrogen (secondary N) is 1. The molecular weight excluding hydrogens is 451 g/mol. The first kappa shape index (κ1) is 14.8. The van der Waals surface area contributed by atoms with Gasteiger partial charge in [0.1, 0.15) is 5.82 Å². The molecule has 0 atom stereocenters. The zero-order valence-corrected chi connectivity index (χ0v) is 14.9. The fourth-order valence-electron chi connectivity index (χ4n) is 2.08. The summed E-state index contributed by atoms with van der Waals surface area (Å²) in [5, 5.41) is 0. The molecule has 1 aromatic carbocycles. The zero-order chi connectivity index (χ0) is 15.0. The summed E-state index contributed by atoms with van der Waals surface area (Å²) in [6.45, 7) is 3.06. The Hall–Kier alpha value is -1.09. The number of hydrogen-bond acceptors (Lipinski definition) is 4. The van der Waals surface area contributed by atoms with Gasteiger partial charge in [0.2, 0.25) is 0 Å². The van der Waals surface area contributed by atoms with Gasteiger partial charge in [0.15, 0.2) is 11.5 Å². The van der Waals surface area contributed by atoms with Gasteiger partial charge in [-0.1, -0.05) is 0 Å². The minimum absolute atomic E-state index is 0.138. The molecule has 2 aromatic rings. The number of nitrogens with zero attached hydrogens (tertiary/aromatic N) is 1. The molecule has 1 aromatic heterocycles. The molecule has 0 aliphatic carbocycles. The summed E-state index contributed by atoms with van der Waals surface area (Å²) < 4.78 is 12.8. The normalized spacial score (nSPS) is 13.9. The molecule has 21 heavy (non-hydrogen) atoms. The minimum atomic E-state index is -0.138. The molecule has 0 radical (unpaired) electrons. The third-order valence-electron chi connectivity index (χ3n) is 3.10. The molecular formula is C14H12BrIN2O3. The fraction of sp³-hybridized carbons (Fsp3) is 0.286. The summed E-state index contributed by atoms with van der Waals surface area (Å²) in [7, 11) is 0. The highest BCUT2D eigenvalue weighted by Crippen LogP contribution is 2.40. The third kappa shape index (κ3) is 2.94. The van der Waals surface area contributed by atoms with Crippen molar-refractivity contribution in [1.29, 1.82) is 0 Å². The van der Waals surface area contributed by atoms with Crippen molar-refractivity contribution in [3.8, 4) is 22.9 Å². The number of H-pyrrole nitrogens is 1. The molecule has 0 spiro atoms. The van der Waals surface area contributed by atoms with Crippen molar-refractivity contribution in [2.75, 3.05) is 13.2 Å². The molecule has 2 heterocycles. The van der Waals surface area contributed by atoms with E-state index in [1.54, 1.807) is 0 Å². The van der Waals surface area contributed by atoms with Gasteiger partial charge in [-0.25, -0.2) is 4.98 Å². The van der Waals surface area contributed by atoms with Crippen LogP contribution in [0.5, 0.6) is 11.5 Å². The average Bonchev–Trinajstić information content (AvgIpc) is 2.69. The molecule has 1 aliphatic rings. The molecule has 7 heteroatoms. The fourth-order valence-corrected chi connectivity index (χ4v) is 2.89. The van der Waals surface area contributed by atoms with Crippen LogP contribution in [0.3, 0.4) is 0 Å². The molecule has 110 valence electrons. The Labute approximate surface area is 143 Å². The number of ether oxygens (including phenoxy) is 2. The summed E-state index contributed by atoms with van der Waals surface area (Å²) in [5.74, 6) is 1.88. The number of halogens is 2. The molecule has 0 bridgehead atoms. The van der Waals surface area contributed by atoms with Crippen molar-refractivity contribution >= 4 is 38.5 Å². The molecule has 1 N–H and O–H groups in total. The monoisotopic (exact) mass is 462 g/mol. The predicted molar refractivity (Wildman–Crippen MR) is 91.1 cm³/mol. The molecule has 3 rings (SSSR count). The van der Waals surface area contributed by atoms with Crippen molar-refractivity contribution in [2.45, 2.75) is 13.3 Å². The van der Waals surface area contributed by atoms with Crippen molar-refractivity contribution in [2.24, 2.45) is 0 Å². The number of hydrogen-bond donors (Lipinski definition) is 1. The number of aromatic nitrogens is 2. The Morgan fingerprint density at radius 3 is 2.86 bits per heavy atom. The van der Waals surface area contributed by atoms with E-state index in [-0.39, 0.29) is 5.56 Å². The van der Waals surface area contributed by atoms with E-state index >= 15 is 0 Å². The van der Waals surface area contributed by atoms with Crippen molar-refractivity contribution in [3.05, 3.63) is 36.2 Å². The van der Waals surface area contributed by atoms with Gasteiger partial charge in [0.25, 0.3) is 5.56 Å². The zero-order valence-electron chi connectivity index (χ0n) is 11.2. The number of aromatic amines is 1. The van der Waals surface area contributed by atoms with Crippen molar-refractivity contribution < 1.29 is 9.47 Å². The van der Waals surface area contributed by atoms with Crippen LogP contribution in [0.2, 0.25) is 0 Å². The van der Waals surface area contributed by atoms with E-state index in [1.165, 1.54) is 0 Å². The number of benzene rings is 1. The highest BCUT2D eigenvalue weighted by atomic mass is 127. The molecule has 1 aliphatic heterocycles. The summed E-state index contributed by atoms with van der Waals surface area (Å²) in [4.78, 5) is 19.1. The van der Waals surface area contributed by atoms with Crippen LogP contribution in [-0.4, -0.2) is 23.2 Å². The second-order valence-electron chi connectivity index (χ2n) is 4.65. The van der Waals surface area contributed by atoms with Crippen LogP contribution < -0.4 is 15.0 Å². The lowest BCUT2D eigenvalue weighted by Crippen LogP contribution is -2.14. The van der Waals surface area contributed by atoms with E-state index in [0.717, 1.165) is 16.5 Å². The molecule has 0 saturated heterocycles. The van der Waals surface area contributed by atoms with Gasteiger partial charge >= 0.3 is 0 Å². The number of rotatable bonds is 1. The Morgan fingerprint density at radius 2 is 2.10 bits per heavy atom. The highest BCUT2D eigenvalue weighted by molar-refractivity contribution is 14.1. The summed E-state index contributed by atoms with van der Waals surface area (Å²) in [6, 6.07) is 3.72. The van der Waals surface area contributed by atoms with Crippen LogP contribution in [0, 0.1) is 10.5 Å². The van der Waals surface area contributed by atoms with Crippen molar-refractivity contribution in [1.82, 2.24) is 9.97 Å². The lowest BCUT2D eigenvalue weighted by molar-refractivity contribution is 0.296. The predicted octanol–water partition coefficient (Wildman–Crippen LogP) is 3.27. The first-order valence-corrected chi connectivity index (χ1v) is 8.29. The van der Waals surface area contributed by atoms with Gasteiger partial charge in [-0.15, -0.1) is 0 Å². The van der Waals surface area contributed by atoms with Crippen LogP contribution >= 0.6 is 38.5 Å². The maximum absolute atomic E-state index is 11.9. The van der Waals surface area contributed by atoms with Gasteiger partial charge in [0.05, 0.1) is 27.0 Å². The van der Waals surface area contributed by atoms with Crippen LogP contribution in [0.1, 0.15) is 12.1 Å². The SMILES string of the molecule is Cc1nc(-c2cc(Br)c3c(c2)OCCCO3)[nH]c(=O)c1I. The van der Waals surface area contributed by atoms with E-state index in [0.29, 0.717) is 39.8 Å². The van der Waals surface area contributed by atoms with E-state index in [1.807, 2.05) is 41.6 Å². The van der Waals surface area contributed by atoms with Gasteiger partial charge < -0.3 is 14.5 Å². The van der Waals surface area contributed by atoms with E-state index < -0.39 is 0 Å². The molecule has 0 amide bonds. The standard InChI is InChI=1S/C14H12BrIN2O3/c1-7-11(16)14(19)18-13(17-7)8-5-9(15)12-10(6-8)20-3-2-4-21-12/h5-6H,2-4H2,1H3,(H,17,18,19). The van der Waals surface area contributed by atoms with E-state index in [4.69, 9.17) is 9.47 Å². The quantitative estimate of drug-likeness (QED) is 0.660. The summed E-state index contributed by atoms with van der Waals surface area (Å²) in [6.07, 6.45) is 0.841. The Bertz CT molecular complexity index is 761. The second kappa shape index (κ2) is 5.96. The van der Waals surface area contributed by atoms with E-state index in [9.17, 15) is 4.79 Å². The average molecular weight is 463 g/mol. The van der Waals surface area contributed by atoms with Gasteiger partial charge in [-0.3, -0.25) is 4.79 Å². The molecule has 0 unspecified atom stereocenters. The summed E-state index contributed by atoms with van der Waals surface area (Å²) >= 11 is 5.48. The first-order valence-electron chi connectivity index (χ1n) is 6.42. The van der Waals surface area contributed by atoms with Gasteiger partial charge in [0, 0.05) is 12.0 Å². The third-order valence-corrected chi connectivity index (χ3v) is 4.96. The van der Waals surface area contributed by atoms with Crippen molar-refractivity contribution in [3.63, 3.8) is 0 Å². The lowest BCUT2D eigenvalue weighted by atomic mass is 10.2. The Balaban J connectivity index is 2.14. The Morgan fingerprint density at radius 1 is 1.33 bits per heavy atom. The first-order chi connectivity index (χ1) is 10.1. The van der Waals surface area contributed by atoms with E-state index in [2.05, 4.69) is 25.9 Å². The maximum Gasteiger partial charge on any atom is 0.264 e. The van der Waals surface area contributed by atoms with Crippen LogP contribution in [-0.2, 0) is 0 Å². The Kier molecular flexibility index (Phi) is 4.21. The van der Waals surface area contributed by atoms with Crippen LogP contribution in [0.4, 0.5) is 0 Å². The number of aryl methyl sites for hydroxylation is 1. The summed E-state index contributed by atoms with van der Waals surface area (Å²) in [5.41, 5.74) is 1.35. The largest absolute Gasteiger partial charge is 0.489 e. The maximum atomic E-state index is 11.9. The number of fused-ring (bicyclic) bond motifs is 1. The lowest BCUT2D eigenvalue weighted by Gasteiger charge is -2.12. The van der Waals surface area contributed by atoms with Crippen LogP contribution in [0.15, 0.2) is 21.4 Å². The second-order valence-corrected chi connectivity index (χ2v) is 6.58. The molecule has 5 nitrogen and oxygen atoms in total. The molecule has 0 fully saturated rings. The minimum Gasteiger partial charge on any atom is -0.489 e. The van der Waals surface area contributed by atoms with Gasteiger partial charge in [-0.2, -0.15) is 0 Å². The smallest absolute Gasteiger partial charge is 0.264 e. The van der Waals surface area contributed by atoms with Crippen LogP contribution in [0.25, 0.3) is 11.4 Å². The van der Waals surface area contributed by atoms with Gasteiger partial charge in [-0.05, 0) is 57.6 Å². The highest BCUT2D eigenvalue weighted by Gasteiger charge is 2.17. The molecule has 0 saturated carbocycles. The topological polar surface area (TPSA) is 64.2 Å².